The van der Waals surface area contributed by atoms with E-state index >= 15 is 0 Å². The van der Waals surface area contributed by atoms with Crippen LogP contribution in [0, 0.1) is 0 Å². The zero-order chi connectivity index (χ0) is 19.2. The first-order chi connectivity index (χ1) is 12.2. The summed E-state index contributed by atoms with van der Waals surface area (Å²) in [5.41, 5.74) is 0.760. The molecule has 1 aliphatic heterocycles. The Morgan fingerprint density at radius 2 is 1.96 bits per heavy atom. The van der Waals surface area contributed by atoms with Gasteiger partial charge in [0.15, 0.2) is 0 Å². The van der Waals surface area contributed by atoms with Crippen molar-refractivity contribution in [2.24, 2.45) is 0 Å². The molecule has 1 aromatic carbocycles. The molecule has 2 N–H and O–H groups in total. The van der Waals surface area contributed by atoms with Crippen LogP contribution in [0.4, 0.5) is 4.79 Å². The molecule has 0 aliphatic carbocycles. The normalized spacial score (nSPS) is 19.0. The monoisotopic (exact) mass is 361 g/mol. The first-order valence-corrected chi connectivity index (χ1v) is 9.30. The molecule has 0 saturated carbocycles. The van der Waals surface area contributed by atoms with E-state index in [1.165, 1.54) is 5.56 Å². The van der Waals surface area contributed by atoms with Crippen LogP contribution in [0.3, 0.4) is 0 Å². The van der Waals surface area contributed by atoms with Gasteiger partial charge in [-0.1, -0.05) is 30.3 Å². The van der Waals surface area contributed by atoms with E-state index in [0.29, 0.717) is 6.04 Å². The number of rotatable bonds is 6. The Hall–Kier alpha value is -2.08. The fourth-order valence-electron chi connectivity index (χ4n) is 3.09. The van der Waals surface area contributed by atoms with Gasteiger partial charge in [0.2, 0.25) is 5.91 Å². The summed E-state index contributed by atoms with van der Waals surface area (Å²) in [4.78, 5) is 26.0. The van der Waals surface area contributed by atoms with Crippen molar-refractivity contribution in [3.63, 3.8) is 0 Å². The lowest BCUT2D eigenvalue weighted by Crippen LogP contribution is -2.39. The third kappa shape index (κ3) is 6.67. The second-order valence-corrected chi connectivity index (χ2v) is 7.81. The number of alkyl carbamates (subject to hydrolysis) is 1. The summed E-state index contributed by atoms with van der Waals surface area (Å²) in [5, 5.41) is 5.68. The minimum atomic E-state index is -0.533. The summed E-state index contributed by atoms with van der Waals surface area (Å²) >= 11 is 0. The Labute approximate surface area is 156 Å². The molecule has 0 spiro atoms. The van der Waals surface area contributed by atoms with E-state index in [4.69, 9.17) is 4.74 Å². The second-order valence-electron chi connectivity index (χ2n) is 7.81. The highest BCUT2D eigenvalue weighted by atomic mass is 16.6. The summed E-state index contributed by atoms with van der Waals surface area (Å²) in [7, 11) is 0. The number of carbonyl (C=O) groups is 2. The number of carbonyl (C=O) groups excluding carboxylic acids is 2. The van der Waals surface area contributed by atoms with Gasteiger partial charge in [-0.25, -0.2) is 4.79 Å². The van der Waals surface area contributed by atoms with E-state index in [1.54, 1.807) is 0 Å². The Morgan fingerprint density at radius 1 is 1.27 bits per heavy atom. The molecular formula is C20H31N3O3. The third-order valence-electron chi connectivity index (χ3n) is 4.43. The van der Waals surface area contributed by atoms with Crippen LogP contribution in [0.15, 0.2) is 30.3 Å². The Bertz CT molecular complexity index is 598. The molecule has 0 bridgehead atoms. The Morgan fingerprint density at radius 3 is 2.62 bits per heavy atom. The van der Waals surface area contributed by atoms with Crippen LogP contribution in [0.1, 0.15) is 52.1 Å². The number of nitrogens with one attached hydrogen (secondary N) is 2. The van der Waals surface area contributed by atoms with E-state index in [9.17, 15) is 9.59 Å². The largest absolute Gasteiger partial charge is 0.444 e. The van der Waals surface area contributed by atoms with E-state index < -0.39 is 11.7 Å². The summed E-state index contributed by atoms with van der Waals surface area (Å²) in [6.07, 6.45) is 0.709. The highest BCUT2D eigenvalue weighted by molar-refractivity contribution is 5.77. The first kappa shape index (κ1) is 20.2. The van der Waals surface area contributed by atoms with Crippen LogP contribution in [0.25, 0.3) is 0 Å². The molecule has 0 aromatic heterocycles. The molecular weight excluding hydrogens is 330 g/mol. The van der Waals surface area contributed by atoms with Crippen molar-refractivity contribution in [3.05, 3.63) is 35.9 Å². The Balaban J connectivity index is 1.68. The van der Waals surface area contributed by atoms with Crippen LogP contribution < -0.4 is 10.6 Å². The van der Waals surface area contributed by atoms with Gasteiger partial charge >= 0.3 is 6.09 Å². The van der Waals surface area contributed by atoms with Crippen LogP contribution in [-0.2, 0) is 9.53 Å². The molecule has 1 saturated heterocycles. The molecule has 6 nitrogen and oxygen atoms in total. The molecule has 2 atom stereocenters. The molecule has 6 heteroatoms. The van der Waals surface area contributed by atoms with E-state index in [0.717, 1.165) is 19.5 Å². The zero-order valence-electron chi connectivity index (χ0n) is 16.2. The summed E-state index contributed by atoms with van der Waals surface area (Å²) < 4.78 is 5.15. The van der Waals surface area contributed by atoms with Crippen molar-refractivity contribution >= 4 is 12.0 Å². The number of nitrogens with zero attached hydrogens (tertiary/aromatic N) is 1. The highest BCUT2D eigenvalue weighted by Crippen LogP contribution is 2.24. The van der Waals surface area contributed by atoms with Crippen LogP contribution in [-0.4, -0.2) is 48.2 Å². The highest BCUT2D eigenvalue weighted by Gasteiger charge is 2.27. The topological polar surface area (TPSA) is 70.7 Å². The van der Waals surface area contributed by atoms with Gasteiger partial charge in [0, 0.05) is 38.1 Å². The van der Waals surface area contributed by atoms with Gasteiger partial charge in [0.25, 0.3) is 0 Å². The van der Waals surface area contributed by atoms with E-state index in [-0.39, 0.29) is 24.9 Å². The lowest BCUT2D eigenvalue weighted by molar-refractivity contribution is -0.121. The van der Waals surface area contributed by atoms with Crippen LogP contribution in [0.5, 0.6) is 0 Å². The van der Waals surface area contributed by atoms with Crippen molar-refractivity contribution in [1.82, 2.24) is 15.5 Å². The van der Waals surface area contributed by atoms with E-state index in [1.807, 2.05) is 26.8 Å². The average Bonchev–Trinajstić information content (AvgIpc) is 3.01. The van der Waals surface area contributed by atoms with Crippen molar-refractivity contribution < 1.29 is 14.3 Å². The molecule has 1 aliphatic rings. The van der Waals surface area contributed by atoms with Gasteiger partial charge < -0.3 is 15.4 Å². The second kappa shape index (κ2) is 9.03. The maximum atomic E-state index is 12.1. The Kier molecular flexibility index (Phi) is 7.03. The number of benzene rings is 1. The maximum absolute atomic E-state index is 12.1. The minimum absolute atomic E-state index is 0.0414. The lowest BCUT2D eigenvalue weighted by atomic mass is 10.1. The van der Waals surface area contributed by atoms with Crippen molar-refractivity contribution in [2.75, 3.05) is 19.6 Å². The molecule has 144 valence electrons. The SMILES string of the molecule is CC(c1ccccc1)N1CCC(NC(=O)CCNC(=O)OC(C)(C)C)C1. The molecule has 2 amide bonds. The van der Waals surface area contributed by atoms with Gasteiger partial charge in [-0.3, -0.25) is 9.69 Å². The zero-order valence-corrected chi connectivity index (χ0v) is 16.2. The molecule has 0 radical (unpaired) electrons. The quantitative estimate of drug-likeness (QED) is 0.817. The summed E-state index contributed by atoms with van der Waals surface area (Å²) in [5.74, 6) is -0.0414. The van der Waals surface area contributed by atoms with Gasteiger partial charge in [0.1, 0.15) is 5.60 Å². The molecule has 1 aromatic rings. The first-order valence-electron chi connectivity index (χ1n) is 9.30. The number of hydrogen-bond donors (Lipinski definition) is 2. The maximum Gasteiger partial charge on any atom is 0.407 e. The van der Waals surface area contributed by atoms with Gasteiger partial charge in [-0.2, -0.15) is 0 Å². The fourth-order valence-corrected chi connectivity index (χ4v) is 3.09. The number of amides is 2. The van der Waals surface area contributed by atoms with Gasteiger partial charge in [-0.05, 0) is 39.7 Å². The smallest absolute Gasteiger partial charge is 0.407 e. The molecule has 2 unspecified atom stereocenters. The number of likely N-dealkylation sites (tertiary alicyclic amines) is 1. The van der Waals surface area contributed by atoms with Crippen molar-refractivity contribution in [1.29, 1.82) is 0 Å². The summed E-state index contributed by atoms with van der Waals surface area (Å²) in [6.45, 7) is 9.71. The fraction of sp³-hybridized carbons (Fsp3) is 0.600. The van der Waals surface area contributed by atoms with E-state index in [2.05, 4.69) is 46.7 Å². The predicted octanol–water partition coefficient (Wildman–Crippen LogP) is 2.85. The molecule has 1 fully saturated rings. The standard InChI is InChI=1S/C20H31N3O3/c1-15(16-8-6-5-7-9-16)23-13-11-17(14-23)22-18(24)10-12-21-19(25)26-20(2,3)4/h5-9,15,17H,10-14H2,1-4H3,(H,21,25)(H,22,24). The lowest BCUT2D eigenvalue weighted by Gasteiger charge is -2.24. The van der Waals surface area contributed by atoms with Gasteiger partial charge in [-0.15, -0.1) is 0 Å². The number of ether oxygens (including phenoxy) is 1. The van der Waals surface area contributed by atoms with Crippen molar-refractivity contribution in [3.8, 4) is 0 Å². The molecule has 26 heavy (non-hydrogen) atoms. The predicted molar refractivity (Wildman–Crippen MR) is 102 cm³/mol. The average molecular weight is 361 g/mol. The van der Waals surface area contributed by atoms with Gasteiger partial charge in [0.05, 0.1) is 0 Å². The van der Waals surface area contributed by atoms with Crippen LogP contribution in [0.2, 0.25) is 0 Å². The van der Waals surface area contributed by atoms with Crippen LogP contribution >= 0.6 is 0 Å². The third-order valence-corrected chi connectivity index (χ3v) is 4.43. The molecule has 1 heterocycles. The number of hydrogen-bond acceptors (Lipinski definition) is 4. The summed E-state index contributed by atoms with van der Waals surface area (Å²) in [6, 6.07) is 10.9. The minimum Gasteiger partial charge on any atom is -0.444 e. The van der Waals surface area contributed by atoms with Crippen molar-refractivity contribution in [2.45, 2.75) is 58.2 Å². The molecule has 2 rings (SSSR count).